The first kappa shape index (κ1) is 27.0. The summed E-state index contributed by atoms with van der Waals surface area (Å²) in [5.74, 6) is 0.0544. The predicted octanol–water partition coefficient (Wildman–Crippen LogP) is 3.40. The van der Waals surface area contributed by atoms with Crippen LogP contribution in [0, 0.1) is 22.7 Å². The van der Waals surface area contributed by atoms with Crippen LogP contribution in [0.4, 0.5) is 4.39 Å². The first-order chi connectivity index (χ1) is 17.8. The van der Waals surface area contributed by atoms with Crippen molar-refractivity contribution in [2.45, 2.75) is 51.1 Å². The van der Waals surface area contributed by atoms with Crippen molar-refractivity contribution in [3.8, 4) is 6.07 Å². The highest BCUT2D eigenvalue weighted by Gasteiger charge is 2.48. The third-order valence-electron chi connectivity index (χ3n) is 8.02. The first-order valence-electron chi connectivity index (χ1n) is 13.4. The van der Waals surface area contributed by atoms with Gasteiger partial charge in [-0.15, -0.1) is 0 Å². The molecule has 7 nitrogen and oxygen atoms in total. The van der Waals surface area contributed by atoms with E-state index in [2.05, 4.69) is 28.5 Å². The van der Waals surface area contributed by atoms with Gasteiger partial charge in [0.1, 0.15) is 11.9 Å². The van der Waals surface area contributed by atoms with Crippen molar-refractivity contribution in [1.82, 2.24) is 20.4 Å². The largest absolute Gasteiger partial charge is 0.340 e. The number of likely N-dealkylation sites (N-methyl/N-ethyl adjacent to an activating group) is 1. The standard InChI is InChI=1S/C29H38FN5O2/c1-29(12-10-23(30)11-13-29)24-19-26(24)32-14-4-3-5-25(28(37)35-17-15-34(2)16-18-35)33-27(36)22-8-6-21(20-31)7-9-22/h6-12,24-26,32H,3-5,13-19H2,1-2H3,(H,33,36)/t24-,25+,26-,29?/m1/s1. The number of nitriles is 1. The van der Waals surface area contributed by atoms with Gasteiger partial charge in [0.15, 0.2) is 0 Å². The smallest absolute Gasteiger partial charge is 0.251 e. The maximum absolute atomic E-state index is 13.4. The molecule has 1 saturated carbocycles. The molecule has 0 radical (unpaired) electrons. The van der Waals surface area contributed by atoms with Crippen molar-refractivity contribution in [3.63, 3.8) is 0 Å². The second kappa shape index (κ2) is 12.0. The number of hydrogen-bond acceptors (Lipinski definition) is 5. The quantitative estimate of drug-likeness (QED) is 0.474. The average Bonchev–Trinajstić information content (AvgIpc) is 3.70. The van der Waals surface area contributed by atoms with Crippen molar-refractivity contribution in [2.24, 2.45) is 11.3 Å². The van der Waals surface area contributed by atoms with Crippen LogP contribution in [0.3, 0.4) is 0 Å². The first-order valence-corrected chi connectivity index (χ1v) is 13.4. The van der Waals surface area contributed by atoms with E-state index in [1.54, 1.807) is 36.4 Å². The molecular weight excluding hydrogens is 469 g/mol. The molecule has 0 spiro atoms. The van der Waals surface area contributed by atoms with E-state index in [0.717, 1.165) is 45.3 Å². The van der Waals surface area contributed by atoms with Crippen LogP contribution < -0.4 is 10.6 Å². The van der Waals surface area contributed by atoms with Gasteiger partial charge in [0, 0.05) is 37.8 Å². The SMILES string of the molecule is CN1CCN(C(=O)[C@H](CCCCN[C@@H]2C[C@H]2C2(C)C=CC(F)=CC2)NC(=O)c2ccc(C#N)cc2)CC1. The third kappa shape index (κ3) is 7.06. The number of piperazine rings is 1. The molecule has 37 heavy (non-hydrogen) atoms. The fraction of sp³-hybridized carbons (Fsp3) is 0.552. The fourth-order valence-corrected chi connectivity index (χ4v) is 5.35. The normalized spacial score (nSPS) is 26.2. The van der Waals surface area contributed by atoms with Gasteiger partial charge in [-0.25, -0.2) is 4.39 Å². The van der Waals surface area contributed by atoms with Crippen molar-refractivity contribution >= 4 is 11.8 Å². The van der Waals surface area contributed by atoms with Crippen LogP contribution in [0.1, 0.15) is 54.9 Å². The van der Waals surface area contributed by atoms with Crippen LogP contribution in [-0.2, 0) is 4.79 Å². The Morgan fingerprint density at radius 1 is 1.19 bits per heavy atom. The van der Waals surface area contributed by atoms with Crippen molar-refractivity contribution in [2.75, 3.05) is 39.8 Å². The van der Waals surface area contributed by atoms with E-state index >= 15 is 0 Å². The van der Waals surface area contributed by atoms with Crippen molar-refractivity contribution in [1.29, 1.82) is 5.26 Å². The third-order valence-corrected chi connectivity index (χ3v) is 8.02. The molecule has 2 N–H and O–H groups in total. The van der Waals surface area contributed by atoms with E-state index in [1.165, 1.54) is 0 Å². The Morgan fingerprint density at radius 2 is 1.92 bits per heavy atom. The second-order valence-electron chi connectivity index (χ2n) is 10.9. The van der Waals surface area contributed by atoms with Crippen LogP contribution >= 0.6 is 0 Å². The van der Waals surface area contributed by atoms with Crippen LogP contribution in [0.2, 0.25) is 0 Å². The Morgan fingerprint density at radius 3 is 2.57 bits per heavy atom. The van der Waals surface area contributed by atoms with E-state index in [9.17, 15) is 14.0 Å². The number of carbonyl (C=O) groups is 2. The lowest BCUT2D eigenvalue weighted by atomic mass is 9.78. The monoisotopic (exact) mass is 507 g/mol. The summed E-state index contributed by atoms with van der Waals surface area (Å²) in [5, 5.41) is 15.6. The molecule has 8 heteroatoms. The zero-order chi connectivity index (χ0) is 26.4. The number of allylic oxidation sites excluding steroid dienone is 4. The average molecular weight is 508 g/mol. The van der Waals surface area contributed by atoms with E-state index < -0.39 is 6.04 Å². The highest BCUT2D eigenvalue weighted by atomic mass is 19.1. The molecule has 1 saturated heterocycles. The molecule has 2 fully saturated rings. The molecule has 4 atom stereocenters. The number of nitrogens with zero attached hydrogens (tertiary/aromatic N) is 3. The zero-order valence-electron chi connectivity index (χ0n) is 21.9. The van der Waals surface area contributed by atoms with Crippen molar-refractivity contribution in [3.05, 3.63) is 59.4 Å². The summed E-state index contributed by atoms with van der Waals surface area (Å²) in [6.45, 7) is 6.02. The minimum absolute atomic E-state index is 0.0169. The molecule has 2 aliphatic carbocycles. The van der Waals surface area contributed by atoms with Gasteiger partial charge in [-0.3, -0.25) is 9.59 Å². The summed E-state index contributed by atoms with van der Waals surface area (Å²) >= 11 is 0. The minimum Gasteiger partial charge on any atom is -0.340 e. The van der Waals surface area contributed by atoms with Gasteiger partial charge in [0.25, 0.3) is 5.91 Å². The Balaban J connectivity index is 1.26. The molecule has 1 aliphatic heterocycles. The lowest BCUT2D eigenvalue weighted by molar-refractivity contribution is -0.135. The molecule has 198 valence electrons. The molecule has 1 unspecified atom stereocenters. The number of hydrogen-bond donors (Lipinski definition) is 2. The molecule has 1 heterocycles. The topological polar surface area (TPSA) is 88.5 Å². The summed E-state index contributed by atoms with van der Waals surface area (Å²) in [4.78, 5) is 30.3. The molecule has 2 amide bonds. The highest BCUT2D eigenvalue weighted by molar-refractivity contribution is 5.97. The number of carbonyl (C=O) groups excluding carboxylic acids is 2. The lowest BCUT2D eigenvalue weighted by Crippen LogP contribution is -2.54. The molecule has 3 aliphatic rings. The number of amides is 2. The second-order valence-corrected chi connectivity index (χ2v) is 10.9. The molecule has 0 aromatic heterocycles. The van der Waals surface area contributed by atoms with Crippen LogP contribution in [0.25, 0.3) is 0 Å². The van der Waals surface area contributed by atoms with Gasteiger partial charge in [0.2, 0.25) is 5.91 Å². The van der Waals surface area contributed by atoms with Gasteiger partial charge in [-0.2, -0.15) is 5.26 Å². The van der Waals surface area contributed by atoms with Gasteiger partial charge >= 0.3 is 0 Å². The van der Waals surface area contributed by atoms with E-state index in [0.29, 0.717) is 42.6 Å². The van der Waals surface area contributed by atoms with E-state index in [1.807, 2.05) is 18.0 Å². The number of unbranched alkanes of at least 4 members (excludes halogenated alkanes) is 1. The molecule has 1 aromatic carbocycles. The van der Waals surface area contributed by atoms with Crippen molar-refractivity contribution < 1.29 is 14.0 Å². The summed E-state index contributed by atoms with van der Waals surface area (Å²) in [7, 11) is 2.04. The summed E-state index contributed by atoms with van der Waals surface area (Å²) in [6, 6.07) is 8.38. The molecule has 1 aromatic rings. The molecule has 0 bridgehead atoms. The highest BCUT2D eigenvalue weighted by Crippen LogP contribution is 2.50. The zero-order valence-corrected chi connectivity index (χ0v) is 21.9. The van der Waals surface area contributed by atoms with Crippen LogP contribution in [-0.4, -0.2) is 73.5 Å². The van der Waals surface area contributed by atoms with Crippen LogP contribution in [0.5, 0.6) is 0 Å². The number of rotatable bonds is 10. The minimum atomic E-state index is -0.576. The maximum Gasteiger partial charge on any atom is 0.251 e. The van der Waals surface area contributed by atoms with E-state index in [-0.39, 0.29) is 23.1 Å². The fourth-order valence-electron chi connectivity index (χ4n) is 5.35. The van der Waals surface area contributed by atoms with Gasteiger partial charge in [-0.05, 0) is 93.4 Å². The van der Waals surface area contributed by atoms with Gasteiger partial charge in [-0.1, -0.05) is 13.0 Å². The Bertz CT molecular complexity index is 1070. The Hall–Kier alpha value is -3.02. The van der Waals surface area contributed by atoms with Gasteiger partial charge in [0.05, 0.1) is 11.6 Å². The van der Waals surface area contributed by atoms with Gasteiger partial charge < -0.3 is 20.4 Å². The summed E-state index contributed by atoms with van der Waals surface area (Å²) in [6.07, 6.45) is 9.42. The predicted molar refractivity (Wildman–Crippen MR) is 141 cm³/mol. The lowest BCUT2D eigenvalue weighted by Gasteiger charge is -2.34. The molecular formula is C29H38FN5O2. The maximum atomic E-state index is 13.4. The number of benzene rings is 1. The summed E-state index contributed by atoms with van der Waals surface area (Å²) in [5.41, 5.74) is 0.948. The summed E-state index contributed by atoms with van der Waals surface area (Å²) < 4.78 is 13.4. The Kier molecular flexibility index (Phi) is 8.78. The van der Waals surface area contributed by atoms with Crippen LogP contribution in [0.15, 0.2) is 48.3 Å². The Labute approximate surface area is 219 Å². The van der Waals surface area contributed by atoms with E-state index in [4.69, 9.17) is 5.26 Å². The number of nitrogens with one attached hydrogen (secondary N) is 2. The number of halogens is 1. The molecule has 4 rings (SSSR count).